The van der Waals surface area contributed by atoms with E-state index < -0.39 is 0 Å². The summed E-state index contributed by atoms with van der Waals surface area (Å²) in [7, 11) is 7.73. The van der Waals surface area contributed by atoms with Gasteiger partial charge in [0.15, 0.2) is 0 Å². The second-order valence-electron chi connectivity index (χ2n) is 2.81. The summed E-state index contributed by atoms with van der Waals surface area (Å²) in [5.74, 6) is 0. The number of hydrogen-bond donors (Lipinski definition) is 0. The Balaban J connectivity index is 2.37. The molecular formula is C8H14BN2. The Morgan fingerprint density at radius 2 is 2.18 bits per heavy atom. The van der Waals surface area contributed by atoms with Crippen LogP contribution in [0.2, 0.25) is 0 Å². The van der Waals surface area contributed by atoms with Crippen LogP contribution < -0.4 is 0 Å². The van der Waals surface area contributed by atoms with Crippen molar-refractivity contribution in [2.24, 2.45) is 0 Å². The third-order valence-electron chi connectivity index (χ3n) is 1.88. The van der Waals surface area contributed by atoms with Crippen molar-refractivity contribution in [1.82, 2.24) is 9.80 Å². The molecule has 11 heavy (non-hydrogen) atoms. The van der Waals surface area contributed by atoms with Crippen molar-refractivity contribution in [3.63, 3.8) is 0 Å². The normalized spacial score (nSPS) is 16.6. The van der Waals surface area contributed by atoms with Crippen molar-refractivity contribution < 1.29 is 0 Å². The van der Waals surface area contributed by atoms with Gasteiger partial charge in [-0.15, -0.1) is 0 Å². The van der Waals surface area contributed by atoms with Gasteiger partial charge in [0.05, 0.1) is 0 Å². The second-order valence-corrected chi connectivity index (χ2v) is 2.81. The molecule has 3 heteroatoms. The molecule has 0 atom stereocenters. The molecule has 1 rings (SSSR count). The van der Waals surface area contributed by atoms with Gasteiger partial charge in [-0.05, 0) is 0 Å². The molecule has 0 aromatic heterocycles. The molecule has 0 unspecified atom stereocenters. The van der Waals surface area contributed by atoms with Crippen molar-refractivity contribution in [3.05, 3.63) is 12.4 Å². The SMILES string of the molecule is [B]=C1N(C)C=CN1CCCC. The van der Waals surface area contributed by atoms with Crippen LogP contribution in [0.4, 0.5) is 0 Å². The quantitative estimate of drug-likeness (QED) is 0.546. The Labute approximate surface area is 69.6 Å². The zero-order valence-electron chi connectivity index (χ0n) is 7.25. The van der Waals surface area contributed by atoms with E-state index in [2.05, 4.69) is 11.8 Å². The van der Waals surface area contributed by atoms with Crippen molar-refractivity contribution in [3.8, 4) is 0 Å². The number of hydrogen-bond acceptors (Lipinski definition) is 2. The van der Waals surface area contributed by atoms with E-state index in [9.17, 15) is 0 Å². The minimum absolute atomic E-state index is 0.832. The van der Waals surface area contributed by atoms with Gasteiger partial charge < -0.3 is 0 Å². The molecule has 0 aromatic carbocycles. The molecule has 0 saturated heterocycles. The van der Waals surface area contributed by atoms with Gasteiger partial charge in [-0.1, -0.05) is 0 Å². The zero-order chi connectivity index (χ0) is 8.27. The first-order valence-electron chi connectivity index (χ1n) is 4.06. The Bertz CT molecular complexity index is 177. The molecule has 1 heterocycles. The summed E-state index contributed by atoms with van der Waals surface area (Å²) in [4.78, 5) is 4.00. The first-order valence-corrected chi connectivity index (χ1v) is 4.06. The fourth-order valence-electron chi connectivity index (χ4n) is 1.05. The average molecular weight is 149 g/mol. The van der Waals surface area contributed by atoms with E-state index in [-0.39, 0.29) is 0 Å². The monoisotopic (exact) mass is 149 g/mol. The van der Waals surface area contributed by atoms with Gasteiger partial charge in [-0.2, -0.15) is 0 Å². The first kappa shape index (κ1) is 8.37. The van der Waals surface area contributed by atoms with Gasteiger partial charge in [-0.25, -0.2) is 0 Å². The van der Waals surface area contributed by atoms with E-state index in [4.69, 9.17) is 7.49 Å². The molecule has 0 aliphatic carbocycles. The molecule has 0 saturated carbocycles. The summed E-state index contributed by atoms with van der Waals surface area (Å²) in [5.41, 5.74) is 0.832. The van der Waals surface area contributed by atoms with E-state index >= 15 is 0 Å². The van der Waals surface area contributed by atoms with Crippen LogP contribution in [-0.4, -0.2) is 36.6 Å². The second kappa shape index (κ2) is 3.60. The fraction of sp³-hybridized carbons (Fsp3) is 0.625. The summed E-state index contributed by atoms with van der Waals surface area (Å²) in [6.07, 6.45) is 6.40. The van der Waals surface area contributed by atoms with Gasteiger partial charge in [0.25, 0.3) is 0 Å². The van der Waals surface area contributed by atoms with Crippen LogP contribution in [0.3, 0.4) is 0 Å². The molecule has 0 spiro atoms. The molecule has 0 fully saturated rings. The van der Waals surface area contributed by atoms with E-state index in [0.29, 0.717) is 0 Å². The summed E-state index contributed by atoms with van der Waals surface area (Å²) >= 11 is 0. The standard InChI is InChI=1S/C8H14BN2/c1-3-4-5-11-7-6-10(2)8(11)9/h6-7H,3-5H2,1-2H3. The van der Waals surface area contributed by atoms with Crippen molar-refractivity contribution >= 4 is 13.2 Å². The van der Waals surface area contributed by atoms with Gasteiger partial charge in [0.2, 0.25) is 0 Å². The molecule has 0 N–H and O–H groups in total. The van der Waals surface area contributed by atoms with Gasteiger partial charge >= 0.3 is 68.8 Å². The maximum absolute atomic E-state index is 5.77. The van der Waals surface area contributed by atoms with Crippen LogP contribution in [0.15, 0.2) is 12.4 Å². The summed E-state index contributed by atoms with van der Waals surface area (Å²) in [6.45, 7) is 3.21. The van der Waals surface area contributed by atoms with Gasteiger partial charge in [0.1, 0.15) is 0 Å². The Morgan fingerprint density at radius 3 is 2.64 bits per heavy atom. The predicted molar refractivity (Wildman–Crippen MR) is 49.3 cm³/mol. The van der Waals surface area contributed by atoms with Gasteiger partial charge in [0, 0.05) is 0 Å². The predicted octanol–water partition coefficient (Wildman–Crippen LogP) is 0.761. The van der Waals surface area contributed by atoms with Crippen LogP contribution in [-0.2, 0) is 0 Å². The molecular weight excluding hydrogens is 135 g/mol. The number of nitrogens with zero attached hydrogens (tertiary/aromatic N) is 2. The molecule has 1 aliphatic heterocycles. The summed E-state index contributed by atoms with van der Waals surface area (Å²) < 4.78 is 0. The average Bonchev–Trinajstić information content (AvgIpc) is 2.31. The van der Waals surface area contributed by atoms with Crippen molar-refractivity contribution in [2.45, 2.75) is 19.8 Å². The van der Waals surface area contributed by atoms with Crippen LogP contribution in [0.5, 0.6) is 0 Å². The molecule has 59 valence electrons. The van der Waals surface area contributed by atoms with Gasteiger partial charge in [-0.3, -0.25) is 0 Å². The van der Waals surface area contributed by atoms with Crippen LogP contribution in [0.25, 0.3) is 0 Å². The van der Waals surface area contributed by atoms with E-state index in [1.165, 1.54) is 12.8 Å². The molecule has 1 aliphatic rings. The third kappa shape index (κ3) is 1.85. The van der Waals surface area contributed by atoms with E-state index in [0.717, 1.165) is 12.3 Å². The number of rotatable bonds is 3. The zero-order valence-corrected chi connectivity index (χ0v) is 7.25. The Hall–Kier alpha value is -0.725. The van der Waals surface area contributed by atoms with Crippen LogP contribution in [0, 0.1) is 0 Å². The van der Waals surface area contributed by atoms with Crippen molar-refractivity contribution in [1.29, 1.82) is 0 Å². The van der Waals surface area contributed by atoms with Crippen LogP contribution >= 0.6 is 0 Å². The summed E-state index contributed by atoms with van der Waals surface area (Å²) in [6, 6.07) is 0. The molecule has 0 aromatic rings. The molecule has 1 radical (unpaired) electrons. The molecule has 0 amide bonds. The molecule has 0 bridgehead atoms. The van der Waals surface area contributed by atoms with Crippen molar-refractivity contribution in [2.75, 3.05) is 13.6 Å². The Morgan fingerprint density at radius 1 is 1.45 bits per heavy atom. The maximum atomic E-state index is 5.77. The first-order chi connectivity index (χ1) is 5.25. The Kier molecular flexibility index (Phi) is 2.74. The van der Waals surface area contributed by atoms with E-state index in [1.807, 2.05) is 24.3 Å². The minimum atomic E-state index is 0.832. The summed E-state index contributed by atoms with van der Waals surface area (Å²) in [5, 5.41) is 0. The third-order valence-corrected chi connectivity index (χ3v) is 1.88. The number of unbranched alkanes of at least 4 members (excludes halogenated alkanes) is 1. The molecule has 2 nitrogen and oxygen atoms in total. The topological polar surface area (TPSA) is 6.48 Å². The van der Waals surface area contributed by atoms with E-state index in [1.54, 1.807) is 0 Å². The fourth-order valence-corrected chi connectivity index (χ4v) is 1.05. The van der Waals surface area contributed by atoms with Crippen LogP contribution in [0.1, 0.15) is 19.8 Å².